The van der Waals surface area contributed by atoms with Crippen LogP contribution in [-0.2, 0) is 17.8 Å². The van der Waals surface area contributed by atoms with Crippen molar-refractivity contribution in [2.45, 2.75) is 37.8 Å². The van der Waals surface area contributed by atoms with Gasteiger partial charge in [0.2, 0.25) is 0 Å². The summed E-state index contributed by atoms with van der Waals surface area (Å²) < 4.78 is 12.8. The van der Waals surface area contributed by atoms with E-state index in [1.165, 1.54) is 10.8 Å². The van der Waals surface area contributed by atoms with Gasteiger partial charge in [0.25, 0.3) is 5.56 Å². The molecule has 0 bridgehead atoms. The normalized spacial score (nSPS) is 19.7. The zero-order valence-corrected chi connectivity index (χ0v) is 17.7. The zero-order valence-electron chi connectivity index (χ0n) is 17.7. The van der Waals surface area contributed by atoms with Crippen LogP contribution < -0.4 is 16.0 Å². The van der Waals surface area contributed by atoms with Crippen LogP contribution in [0.25, 0.3) is 10.4 Å². The van der Waals surface area contributed by atoms with Crippen molar-refractivity contribution in [1.82, 2.24) is 9.55 Å². The standard InChI is InChI=1S/C23H23N5O5/c24-27-26-19-11-21(33-20(19)13-29)28-12-17(22(30)25-23(28)31)9-16-7-4-8-18(10-16)32-14-15-5-2-1-3-6-15/h1-8,10,12,19-21,29H,9,11,13-14H2,(H,25,30,31). The predicted molar refractivity (Wildman–Crippen MR) is 120 cm³/mol. The average Bonchev–Trinajstić information content (AvgIpc) is 3.23. The molecule has 0 spiro atoms. The number of nitrogens with zero attached hydrogens (tertiary/aromatic N) is 4. The minimum Gasteiger partial charge on any atom is -0.489 e. The van der Waals surface area contributed by atoms with Crippen molar-refractivity contribution in [1.29, 1.82) is 0 Å². The number of nitrogens with one attached hydrogen (secondary N) is 1. The summed E-state index contributed by atoms with van der Waals surface area (Å²) in [5.74, 6) is 0.670. The second kappa shape index (κ2) is 10.2. The Hall–Kier alpha value is -3.85. The number of benzene rings is 2. The molecule has 1 aliphatic heterocycles. The summed E-state index contributed by atoms with van der Waals surface area (Å²) in [5, 5.41) is 13.1. The van der Waals surface area contributed by atoms with Crippen molar-refractivity contribution < 1.29 is 14.6 Å². The Kier molecular flexibility index (Phi) is 6.89. The van der Waals surface area contributed by atoms with Crippen molar-refractivity contribution in [2.24, 2.45) is 5.11 Å². The van der Waals surface area contributed by atoms with Crippen LogP contribution in [-0.4, -0.2) is 33.4 Å². The lowest BCUT2D eigenvalue weighted by atomic mass is 10.1. The van der Waals surface area contributed by atoms with Crippen LogP contribution in [0.5, 0.6) is 5.75 Å². The molecule has 1 aliphatic rings. The maximum absolute atomic E-state index is 12.4. The summed E-state index contributed by atoms with van der Waals surface area (Å²) >= 11 is 0. The van der Waals surface area contributed by atoms with Gasteiger partial charge >= 0.3 is 5.69 Å². The number of hydrogen-bond acceptors (Lipinski definition) is 6. The van der Waals surface area contributed by atoms with E-state index in [0.29, 0.717) is 17.9 Å². The summed E-state index contributed by atoms with van der Waals surface area (Å²) in [4.78, 5) is 29.9. The van der Waals surface area contributed by atoms with E-state index in [0.717, 1.165) is 11.1 Å². The van der Waals surface area contributed by atoms with E-state index < -0.39 is 29.6 Å². The van der Waals surface area contributed by atoms with Crippen LogP contribution in [0.1, 0.15) is 29.3 Å². The Balaban J connectivity index is 1.53. The van der Waals surface area contributed by atoms with Gasteiger partial charge in [0, 0.05) is 29.5 Å². The summed E-state index contributed by atoms with van der Waals surface area (Å²) in [6, 6.07) is 16.6. The molecule has 3 unspecified atom stereocenters. The van der Waals surface area contributed by atoms with Crippen LogP contribution in [0, 0.1) is 0 Å². The van der Waals surface area contributed by atoms with Crippen molar-refractivity contribution in [2.75, 3.05) is 6.61 Å². The molecule has 1 saturated heterocycles. The first-order valence-corrected chi connectivity index (χ1v) is 10.5. The van der Waals surface area contributed by atoms with Crippen LogP contribution in [0.15, 0.2) is 75.5 Å². The third-order valence-electron chi connectivity index (χ3n) is 5.48. The number of azide groups is 1. The number of ether oxygens (including phenoxy) is 2. The van der Waals surface area contributed by atoms with Gasteiger partial charge < -0.3 is 14.6 Å². The minimum atomic E-state index is -0.763. The molecular weight excluding hydrogens is 426 g/mol. The van der Waals surface area contributed by atoms with Crippen molar-refractivity contribution in [3.8, 4) is 5.75 Å². The molecule has 33 heavy (non-hydrogen) atoms. The molecule has 0 amide bonds. The first-order valence-electron chi connectivity index (χ1n) is 10.5. The number of rotatable bonds is 8. The van der Waals surface area contributed by atoms with E-state index in [4.69, 9.17) is 15.0 Å². The SMILES string of the molecule is [N-]=[N+]=NC1CC(n2cc(Cc3cccc(OCc4ccccc4)c3)c(=O)[nH]c2=O)OC1CO. The molecule has 10 nitrogen and oxygen atoms in total. The topological polar surface area (TPSA) is 142 Å². The Bertz CT molecular complexity index is 1270. The first kappa shape index (κ1) is 22.3. The Labute approximate surface area is 188 Å². The van der Waals surface area contributed by atoms with E-state index in [1.54, 1.807) is 0 Å². The van der Waals surface area contributed by atoms with Crippen LogP contribution in [0.2, 0.25) is 0 Å². The number of aromatic amines is 1. The molecule has 0 saturated carbocycles. The highest BCUT2D eigenvalue weighted by Crippen LogP contribution is 2.30. The fourth-order valence-electron chi connectivity index (χ4n) is 3.81. The second-order valence-electron chi connectivity index (χ2n) is 7.74. The molecule has 10 heteroatoms. The number of aliphatic hydroxyl groups excluding tert-OH is 1. The predicted octanol–water partition coefficient (Wildman–Crippen LogP) is 2.67. The van der Waals surface area contributed by atoms with Crippen LogP contribution in [0.3, 0.4) is 0 Å². The maximum atomic E-state index is 12.4. The molecule has 170 valence electrons. The number of H-pyrrole nitrogens is 1. The van der Waals surface area contributed by atoms with Gasteiger partial charge in [-0.15, -0.1) is 0 Å². The van der Waals surface area contributed by atoms with Crippen LogP contribution >= 0.6 is 0 Å². The lowest BCUT2D eigenvalue weighted by Gasteiger charge is -2.15. The van der Waals surface area contributed by atoms with E-state index in [1.807, 2.05) is 54.6 Å². The van der Waals surface area contributed by atoms with E-state index in [9.17, 15) is 14.7 Å². The van der Waals surface area contributed by atoms with Gasteiger partial charge in [0.1, 0.15) is 18.6 Å². The van der Waals surface area contributed by atoms with Gasteiger partial charge in [-0.2, -0.15) is 0 Å². The number of hydrogen-bond donors (Lipinski definition) is 2. The van der Waals surface area contributed by atoms with Gasteiger partial charge in [-0.25, -0.2) is 4.79 Å². The van der Waals surface area contributed by atoms with Gasteiger partial charge in [-0.05, 0) is 28.8 Å². The summed E-state index contributed by atoms with van der Waals surface area (Å²) in [6.07, 6.45) is 0.460. The minimum absolute atomic E-state index is 0.212. The second-order valence-corrected chi connectivity index (χ2v) is 7.74. The van der Waals surface area contributed by atoms with Gasteiger partial charge in [-0.1, -0.05) is 47.6 Å². The molecular formula is C23H23N5O5. The van der Waals surface area contributed by atoms with Crippen molar-refractivity contribution >= 4 is 0 Å². The van der Waals surface area contributed by atoms with E-state index >= 15 is 0 Å². The van der Waals surface area contributed by atoms with E-state index in [-0.39, 0.29) is 19.4 Å². The average molecular weight is 449 g/mol. The summed E-state index contributed by atoms with van der Waals surface area (Å²) in [7, 11) is 0. The molecule has 0 radical (unpaired) electrons. The molecule has 1 aromatic heterocycles. The molecule has 2 N–H and O–H groups in total. The molecule has 1 fully saturated rings. The fourth-order valence-corrected chi connectivity index (χ4v) is 3.81. The number of aromatic nitrogens is 2. The summed E-state index contributed by atoms with van der Waals surface area (Å²) in [5.41, 5.74) is 9.84. The molecule has 4 rings (SSSR count). The fraction of sp³-hybridized carbons (Fsp3) is 0.304. The monoisotopic (exact) mass is 449 g/mol. The lowest BCUT2D eigenvalue weighted by Crippen LogP contribution is -2.34. The summed E-state index contributed by atoms with van der Waals surface area (Å²) in [6.45, 7) is 0.0774. The van der Waals surface area contributed by atoms with Crippen LogP contribution in [0.4, 0.5) is 0 Å². The number of aliphatic hydroxyl groups is 1. The molecule has 0 aliphatic carbocycles. The highest BCUT2D eigenvalue weighted by molar-refractivity contribution is 5.32. The maximum Gasteiger partial charge on any atom is 0.330 e. The molecule has 2 aromatic carbocycles. The highest BCUT2D eigenvalue weighted by Gasteiger charge is 2.35. The quantitative estimate of drug-likeness (QED) is 0.309. The highest BCUT2D eigenvalue weighted by atomic mass is 16.5. The Morgan fingerprint density at radius 2 is 1.97 bits per heavy atom. The smallest absolute Gasteiger partial charge is 0.330 e. The third kappa shape index (κ3) is 5.32. The van der Waals surface area contributed by atoms with E-state index in [2.05, 4.69) is 15.0 Å². The Morgan fingerprint density at radius 3 is 2.73 bits per heavy atom. The largest absolute Gasteiger partial charge is 0.489 e. The lowest BCUT2D eigenvalue weighted by molar-refractivity contribution is -0.0271. The Morgan fingerprint density at radius 1 is 1.18 bits per heavy atom. The third-order valence-corrected chi connectivity index (χ3v) is 5.48. The van der Waals surface area contributed by atoms with Gasteiger partial charge in [-0.3, -0.25) is 14.3 Å². The molecule has 2 heterocycles. The first-order chi connectivity index (χ1) is 16.1. The molecule has 3 aromatic rings. The van der Waals surface area contributed by atoms with Gasteiger partial charge in [0.15, 0.2) is 0 Å². The van der Waals surface area contributed by atoms with Crippen molar-refractivity contribution in [3.05, 3.63) is 109 Å². The van der Waals surface area contributed by atoms with Gasteiger partial charge in [0.05, 0.1) is 18.8 Å². The van der Waals surface area contributed by atoms with Crippen molar-refractivity contribution in [3.63, 3.8) is 0 Å². The molecule has 3 atom stereocenters. The zero-order chi connectivity index (χ0) is 23.2.